The van der Waals surface area contributed by atoms with Crippen molar-refractivity contribution in [3.8, 4) is 17.6 Å². The van der Waals surface area contributed by atoms with Crippen LogP contribution in [-0.2, 0) is 0 Å². The number of nitrogens with one attached hydrogen (secondary N) is 1. The fourth-order valence-electron chi connectivity index (χ4n) is 1.92. The van der Waals surface area contributed by atoms with Crippen molar-refractivity contribution in [3.63, 3.8) is 0 Å². The molecule has 0 fully saturated rings. The summed E-state index contributed by atoms with van der Waals surface area (Å²) < 4.78 is 6.57. The molecule has 1 amide bonds. The normalized spacial score (nSPS) is 9.91. The molecule has 0 aliphatic rings. The molecule has 118 valence electrons. The molecule has 0 atom stereocenters. The largest absolute Gasteiger partial charge is 0.490 e. The molecule has 0 heterocycles. The minimum Gasteiger partial charge on any atom is -0.490 e. The Morgan fingerprint density at radius 1 is 1.22 bits per heavy atom. The fraction of sp³-hybridized carbons (Fsp3) is 0.211. The topological polar surface area (TPSA) is 38.3 Å². The molecule has 0 saturated heterocycles. The number of carbonyl (C=O) groups excluding carboxylic acids is 1. The molecule has 0 radical (unpaired) electrons. The van der Waals surface area contributed by atoms with Gasteiger partial charge in [-0.3, -0.25) is 4.79 Å². The van der Waals surface area contributed by atoms with Crippen molar-refractivity contribution in [3.05, 3.63) is 64.1 Å². The van der Waals surface area contributed by atoms with Gasteiger partial charge in [0, 0.05) is 10.0 Å². The van der Waals surface area contributed by atoms with Gasteiger partial charge in [0.15, 0.2) is 0 Å². The Morgan fingerprint density at radius 3 is 2.65 bits per heavy atom. The highest BCUT2D eigenvalue weighted by Gasteiger charge is 2.13. The molecular weight excluding hydrogens is 354 g/mol. The van der Waals surface area contributed by atoms with Gasteiger partial charge in [0.05, 0.1) is 18.2 Å². The zero-order valence-electron chi connectivity index (χ0n) is 13.1. The predicted molar refractivity (Wildman–Crippen MR) is 95.6 cm³/mol. The van der Waals surface area contributed by atoms with Gasteiger partial charge in [0.25, 0.3) is 5.91 Å². The van der Waals surface area contributed by atoms with Crippen molar-refractivity contribution in [2.75, 3.05) is 6.54 Å². The van der Waals surface area contributed by atoms with Crippen LogP contribution in [0.5, 0.6) is 5.75 Å². The quantitative estimate of drug-likeness (QED) is 0.824. The summed E-state index contributed by atoms with van der Waals surface area (Å²) in [6.45, 7) is 4.13. The lowest BCUT2D eigenvalue weighted by atomic mass is 10.2. The first kappa shape index (κ1) is 17.1. The Bertz CT molecular complexity index is 730. The SMILES string of the molecule is CC(C)Oc1cc(Br)ccc1C(=O)NCC#Cc1ccccc1. The van der Waals surface area contributed by atoms with Gasteiger partial charge in [-0.05, 0) is 44.2 Å². The molecule has 0 bridgehead atoms. The van der Waals surface area contributed by atoms with Crippen molar-refractivity contribution in [1.82, 2.24) is 5.32 Å². The van der Waals surface area contributed by atoms with Gasteiger partial charge in [-0.1, -0.05) is 46.0 Å². The van der Waals surface area contributed by atoms with Crippen LogP contribution >= 0.6 is 15.9 Å². The molecule has 1 N–H and O–H groups in total. The van der Waals surface area contributed by atoms with Crippen LogP contribution in [0.15, 0.2) is 53.0 Å². The maximum atomic E-state index is 12.3. The van der Waals surface area contributed by atoms with Crippen molar-refractivity contribution in [1.29, 1.82) is 0 Å². The first-order valence-electron chi connectivity index (χ1n) is 7.34. The zero-order valence-corrected chi connectivity index (χ0v) is 14.7. The van der Waals surface area contributed by atoms with Crippen LogP contribution in [0.25, 0.3) is 0 Å². The summed E-state index contributed by atoms with van der Waals surface area (Å²) in [6, 6.07) is 15.0. The number of ether oxygens (including phenoxy) is 1. The van der Waals surface area contributed by atoms with Gasteiger partial charge in [0.2, 0.25) is 0 Å². The van der Waals surface area contributed by atoms with E-state index in [0.717, 1.165) is 10.0 Å². The molecule has 0 aliphatic carbocycles. The van der Waals surface area contributed by atoms with E-state index < -0.39 is 0 Å². The van der Waals surface area contributed by atoms with E-state index in [1.54, 1.807) is 12.1 Å². The van der Waals surface area contributed by atoms with Gasteiger partial charge < -0.3 is 10.1 Å². The molecule has 0 aliphatic heterocycles. The number of rotatable bonds is 4. The third-order valence-electron chi connectivity index (χ3n) is 2.89. The van der Waals surface area contributed by atoms with Gasteiger partial charge in [-0.25, -0.2) is 0 Å². The highest BCUT2D eigenvalue weighted by Crippen LogP contribution is 2.24. The minimum atomic E-state index is -0.199. The summed E-state index contributed by atoms with van der Waals surface area (Å²) in [6.07, 6.45) is -0.00581. The van der Waals surface area contributed by atoms with Crippen molar-refractivity contribution in [2.45, 2.75) is 20.0 Å². The summed E-state index contributed by atoms with van der Waals surface area (Å²) in [5, 5.41) is 2.79. The molecular formula is C19H18BrNO2. The summed E-state index contributed by atoms with van der Waals surface area (Å²) in [4.78, 5) is 12.3. The van der Waals surface area contributed by atoms with Crippen LogP contribution in [0.1, 0.15) is 29.8 Å². The number of hydrogen-bond acceptors (Lipinski definition) is 2. The highest BCUT2D eigenvalue weighted by molar-refractivity contribution is 9.10. The Labute approximate surface area is 145 Å². The summed E-state index contributed by atoms with van der Waals surface area (Å²) in [7, 11) is 0. The average Bonchev–Trinajstić information content (AvgIpc) is 2.52. The Balaban J connectivity index is 2.02. The number of amides is 1. The number of benzene rings is 2. The van der Waals surface area contributed by atoms with Crippen LogP contribution in [0.2, 0.25) is 0 Å². The Morgan fingerprint density at radius 2 is 1.96 bits per heavy atom. The Kier molecular flexibility index (Phi) is 6.25. The summed E-state index contributed by atoms with van der Waals surface area (Å²) >= 11 is 3.39. The molecule has 0 aromatic heterocycles. The maximum absolute atomic E-state index is 12.3. The van der Waals surface area contributed by atoms with Crippen LogP contribution in [0.4, 0.5) is 0 Å². The predicted octanol–water partition coefficient (Wildman–Crippen LogP) is 4.02. The number of halogens is 1. The fourth-order valence-corrected chi connectivity index (χ4v) is 2.26. The first-order valence-corrected chi connectivity index (χ1v) is 8.14. The maximum Gasteiger partial charge on any atom is 0.255 e. The van der Waals surface area contributed by atoms with Gasteiger partial charge in [-0.15, -0.1) is 0 Å². The monoisotopic (exact) mass is 371 g/mol. The average molecular weight is 372 g/mol. The smallest absolute Gasteiger partial charge is 0.255 e. The van der Waals surface area contributed by atoms with Crippen LogP contribution in [0.3, 0.4) is 0 Å². The second-order valence-electron chi connectivity index (χ2n) is 5.16. The lowest BCUT2D eigenvalue weighted by Gasteiger charge is -2.14. The number of hydrogen-bond donors (Lipinski definition) is 1. The standard InChI is InChI=1S/C19H18BrNO2/c1-14(2)23-18-13-16(20)10-11-17(18)19(22)21-12-6-9-15-7-4-3-5-8-15/h3-5,7-8,10-11,13-14H,12H2,1-2H3,(H,21,22). The van der Waals surface area contributed by atoms with Crippen molar-refractivity contribution < 1.29 is 9.53 Å². The Hall–Kier alpha value is -2.25. The van der Waals surface area contributed by atoms with E-state index >= 15 is 0 Å². The minimum absolute atomic E-state index is 0.00581. The zero-order chi connectivity index (χ0) is 16.7. The van der Waals surface area contributed by atoms with Gasteiger partial charge in [-0.2, -0.15) is 0 Å². The van der Waals surface area contributed by atoms with E-state index in [9.17, 15) is 4.79 Å². The lowest BCUT2D eigenvalue weighted by Crippen LogP contribution is -2.24. The van der Waals surface area contributed by atoms with E-state index in [4.69, 9.17) is 4.74 Å². The molecule has 4 heteroatoms. The molecule has 0 saturated carbocycles. The van der Waals surface area contributed by atoms with Gasteiger partial charge in [0.1, 0.15) is 5.75 Å². The van der Waals surface area contributed by atoms with Crippen LogP contribution in [0, 0.1) is 11.8 Å². The molecule has 23 heavy (non-hydrogen) atoms. The van der Waals surface area contributed by atoms with E-state index in [1.807, 2.05) is 50.2 Å². The van der Waals surface area contributed by atoms with Gasteiger partial charge >= 0.3 is 0 Å². The van der Waals surface area contributed by atoms with Crippen LogP contribution < -0.4 is 10.1 Å². The van der Waals surface area contributed by atoms with E-state index in [2.05, 4.69) is 33.1 Å². The molecule has 0 spiro atoms. The molecule has 0 unspecified atom stereocenters. The third-order valence-corrected chi connectivity index (χ3v) is 3.39. The molecule has 3 nitrogen and oxygen atoms in total. The number of carbonyl (C=O) groups is 1. The second-order valence-corrected chi connectivity index (χ2v) is 6.07. The highest BCUT2D eigenvalue weighted by atomic mass is 79.9. The van der Waals surface area contributed by atoms with Crippen molar-refractivity contribution in [2.24, 2.45) is 0 Å². The molecule has 2 aromatic rings. The third kappa shape index (κ3) is 5.46. The van der Waals surface area contributed by atoms with Crippen molar-refractivity contribution >= 4 is 21.8 Å². The molecule has 2 aromatic carbocycles. The second kappa shape index (κ2) is 8.40. The summed E-state index contributed by atoms with van der Waals surface area (Å²) in [5.41, 5.74) is 1.43. The van der Waals surface area contributed by atoms with E-state index in [0.29, 0.717) is 11.3 Å². The molecule has 2 rings (SSSR count). The van der Waals surface area contributed by atoms with E-state index in [1.165, 1.54) is 0 Å². The lowest BCUT2D eigenvalue weighted by molar-refractivity contribution is 0.0953. The van der Waals surface area contributed by atoms with E-state index in [-0.39, 0.29) is 18.6 Å². The van der Waals surface area contributed by atoms with Crippen LogP contribution in [-0.4, -0.2) is 18.6 Å². The summed E-state index contributed by atoms with van der Waals surface area (Å²) in [5.74, 6) is 6.31. The first-order chi connectivity index (χ1) is 11.1.